The fraction of sp³-hybridized carbons (Fsp3) is 0.423. The second kappa shape index (κ2) is 11.1. The number of morpholine rings is 1. The number of allylic oxidation sites excluding steroid dienone is 2. The first-order valence-corrected chi connectivity index (χ1v) is 13.2. The highest BCUT2D eigenvalue weighted by atomic mass is 32.2. The molecular weight excluding hydrogens is 462 g/mol. The maximum atomic E-state index is 13.5. The predicted molar refractivity (Wildman–Crippen MR) is 136 cm³/mol. The molecule has 0 spiro atoms. The number of nitrogens with zero attached hydrogens (tertiary/aromatic N) is 5. The summed E-state index contributed by atoms with van der Waals surface area (Å²) in [6, 6.07) is 12.1. The minimum absolute atomic E-state index is 0.0472. The van der Waals surface area contributed by atoms with Crippen molar-refractivity contribution in [2.45, 2.75) is 44.3 Å². The average molecular weight is 494 g/mol. The van der Waals surface area contributed by atoms with Crippen LogP contribution in [0.1, 0.15) is 37.0 Å². The number of carbonyl (C=O) groups is 1. The fourth-order valence-corrected chi connectivity index (χ4v) is 5.25. The summed E-state index contributed by atoms with van der Waals surface area (Å²) >= 11 is 1.43. The van der Waals surface area contributed by atoms with Crippen molar-refractivity contribution in [1.29, 1.82) is 0 Å². The van der Waals surface area contributed by atoms with E-state index in [9.17, 15) is 4.79 Å². The van der Waals surface area contributed by atoms with Gasteiger partial charge in [-0.3, -0.25) is 9.36 Å². The van der Waals surface area contributed by atoms with Crippen LogP contribution in [0, 0.1) is 6.92 Å². The SMILES string of the molecule is Cc1ccc(-n2c(SCC(=O)N(Cc3ccco3)C3=CCCCC3)nnc2N2CCOCC2)cc1. The Hall–Kier alpha value is -3.04. The average Bonchev–Trinajstić information content (AvgIpc) is 3.57. The van der Waals surface area contributed by atoms with E-state index in [0.29, 0.717) is 24.9 Å². The Labute approximate surface area is 209 Å². The first kappa shape index (κ1) is 23.7. The number of carbonyl (C=O) groups excluding carboxylic acids is 1. The highest BCUT2D eigenvalue weighted by Gasteiger charge is 2.25. The van der Waals surface area contributed by atoms with Crippen molar-refractivity contribution in [1.82, 2.24) is 19.7 Å². The molecule has 1 aromatic carbocycles. The number of hydrogen-bond donors (Lipinski definition) is 0. The Bertz CT molecular complexity index is 1150. The molecule has 0 atom stereocenters. The summed E-state index contributed by atoms with van der Waals surface area (Å²) in [5.41, 5.74) is 3.26. The number of anilines is 1. The summed E-state index contributed by atoms with van der Waals surface area (Å²) in [6.45, 7) is 5.37. The first-order chi connectivity index (χ1) is 17.2. The van der Waals surface area contributed by atoms with Crippen LogP contribution in [0.5, 0.6) is 0 Å². The highest BCUT2D eigenvalue weighted by Crippen LogP contribution is 2.29. The van der Waals surface area contributed by atoms with Gasteiger partial charge < -0.3 is 19.0 Å². The van der Waals surface area contributed by atoms with Crippen molar-refractivity contribution in [3.05, 3.63) is 65.8 Å². The van der Waals surface area contributed by atoms with Gasteiger partial charge in [0.15, 0.2) is 5.16 Å². The van der Waals surface area contributed by atoms with Crippen molar-refractivity contribution in [3.8, 4) is 5.69 Å². The van der Waals surface area contributed by atoms with Crippen LogP contribution in [0.2, 0.25) is 0 Å². The molecule has 2 aromatic heterocycles. The monoisotopic (exact) mass is 493 g/mol. The molecule has 8 nitrogen and oxygen atoms in total. The van der Waals surface area contributed by atoms with Crippen LogP contribution in [0.25, 0.3) is 5.69 Å². The van der Waals surface area contributed by atoms with Crippen molar-refractivity contribution in [3.63, 3.8) is 0 Å². The second-order valence-electron chi connectivity index (χ2n) is 8.84. The molecule has 0 unspecified atom stereocenters. The van der Waals surface area contributed by atoms with Crippen LogP contribution < -0.4 is 4.90 Å². The van der Waals surface area contributed by atoms with Gasteiger partial charge in [-0.05, 0) is 56.9 Å². The number of amides is 1. The lowest BCUT2D eigenvalue weighted by Crippen LogP contribution is -2.37. The van der Waals surface area contributed by atoms with Crippen LogP contribution >= 0.6 is 11.8 Å². The van der Waals surface area contributed by atoms with E-state index in [2.05, 4.69) is 56.9 Å². The summed E-state index contributed by atoms with van der Waals surface area (Å²) in [5.74, 6) is 1.89. The maximum Gasteiger partial charge on any atom is 0.237 e. The molecule has 0 radical (unpaired) electrons. The van der Waals surface area contributed by atoms with E-state index < -0.39 is 0 Å². The van der Waals surface area contributed by atoms with Gasteiger partial charge in [0.2, 0.25) is 11.9 Å². The third-order valence-corrected chi connectivity index (χ3v) is 7.25. The molecule has 0 bridgehead atoms. The first-order valence-electron chi connectivity index (χ1n) is 12.2. The van der Waals surface area contributed by atoms with Crippen LogP contribution in [-0.4, -0.2) is 57.6 Å². The van der Waals surface area contributed by atoms with E-state index >= 15 is 0 Å². The number of aromatic nitrogens is 3. The summed E-state index contributed by atoms with van der Waals surface area (Å²) in [5, 5.41) is 9.73. The quantitative estimate of drug-likeness (QED) is 0.425. The Morgan fingerprint density at radius 3 is 2.66 bits per heavy atom. The molecule has 3 aromatic rings. The summed E-state index contributed by atoms with van der Waals surface area (Å²) in [7, 11) is 0. The zero-order chi connectivity index (χ0) is 24.0. The standard InChI is InChI=1S/C26H31N5O3S/c1-20-9-11-22(12-10-20)31-25(29-13-16-33-17-14-29)27-28-26(31)35-19-24(32)30(18-23-8-5-15-34-23)21-6-3-2-4-7-21/h5-6,8-12,15H,2-4,7,13-14,16-19H2,1H3. The number of aryl methyl sites for hydroxylation is 1. The number of rotatable bonds is 8. The molecule has 1 saturated heterocycles. The van der Waals surface area contributed by atoms with E-state index in [1.54, 1.807) is 6.26 Å². The number of furan rings is 1. The van der Waals surface area contributed by atoms with E-state index in [4.69, 9.17) is 9.15 Å². The fourth-order valence-electron chi connectivity index (χ4n) is 4.42. The molecule has 9 heteroatoms. The maximum absolute atomic E-state index is 13.5. The molecule has 2 aliphatic rings. The molecule has 1 amide bonds. The zero-order valence-corrected chi connectivity index (χ0v) is 20.9. The smallest absolute Gasteiger partial charge is 0.237 e. The topological polar surface area (TPSA) is 76.6 Å². The van der Waals surface area contributed by atoms with Gasteiger partial charge in [-0.1, -0.05) is 35.5 Å². The summed E-state index contributed by atoms with van der Waals surface area (Å²) in [4.78, 5) is 17.5. The van der Waals surface area contributed by atoms with Crippen LogP contribution in [0.3, 0.4) is 0 Å². The Balaban J connectivity index is 1.38. The minimum Gasteiger partial charge on any atom is -0.467 e. The largest absolute Gasteiger partial charge is 0.467 e. The van der Waals surface area contributed by atoms with Gasteiger partial charge in [-0.15, -0.1) is 10.2 Å². The van der Waals surface area contributed by atoms with Crippen LogP contribution in [-0.2, 0) is 16.1 Å². The summed E-state index contributed by atoms with van der Waals surface area (Å²) in [6.07, 6.45) is 8.04. The van der Waals surface area contributed by atoms with E-state index in [1.807, 2.05) is 17.0 Å². The number of ether oxygens (including phenoxy) is 1. The molecule has 0 saturated carbocycles. The van der Waals surface area contributed by atoms with E-state index in [0.717, 1.165) is 55.4 Å². The second-order valence-corrected chi connectivity index (χ2v) is 9.78. The molecule has 3 heterocycles. The van der Waals surface area contributed by atoms with Crippen molar-refractivity contribution >= 4 is 23.6 Å². The number of hydrogen-bond acceptors (Lipinski definition) is 7. The lowest BCUT2D eigenvalue weighted by atomic mass is 10.0. The van der Waals surface area contributed by atoms with Gasteiger partial charge in [0.25, 0.3) is 0 Å². The molecule has 1 aliphatic heterocycles. The molecule has 1 fully saturated rings. The van der Waals surface area contributed by atoms with Gasteiger partial charge in [-0.25, -0.2) is 0 Å². The van der Waals surface area contributed by atoms with Crippen molar-refractivity contribution in [2.75, 3.05) is 37.0 Å². The van der Waals surface area contributed by atoms with Crippen molar-refractivity contribution in [2.24, 2.45) is 0 Å². The van der Waals surface area contributed by atoms with E-state index in [1.165, 1.54) is 23.7 Å². The molecule has 0 N–H and O–H groups in total. The van der Waals surface area contributed by atoms with Gasteiger partial charge in [0.05, 0.1) is 37.5 Å². The Morgan fingerprint density at radius 1 is 1.11 bits per heavy atom. The van der Waals surface area contributed by atoms with Gasteiger partial charge in [0, 0.05) is 18.8 Å². The molecule has 35 heavy (non-hydrogen) atoms. The van der Waals surface area contributed by atoms with Gasteiger partial charge in [0.1, 0.15) is 5.76 Å². The molecule has 1 aliphatic carbocycles. The van der Waals surface area contributed by atoms with Gasteiger partial charge in [-0.2, -0.15) is 0 Å². The molecule has 5 rings (SSSR count). The lowest BCUT2D eigenvalue weighted by molar-refractivity contribution is -0.127. The molecule has 184 valence electrons. The predicted octanol–water partition coefficient (Wildman–Crippen LogP) is 4.58. The third kappa shape index (κ3) is 5.62. The third-order valence-electron chi connectivity index (χ3n) is 6.34. The highest BCUT2D eigenvalue weighted by molar-refractivity contribution is 7.99. The van der Waals surface area contributed by atoms with Crippen LogP contribution in [0.15, 0.2) is 64.0 Å². The Kier molecular flexibility index (Phi) is 7.54. The van der Waals surface area contributed by atoms with Gasteiger partial charge >= 0.3 is 0 Å². The Morgan fingerprint density at radius 2 is 1.94 bits per heavy atom. The minimum atomic E-state index is 0.0472. The lowest BCUT2D eigenvalue weighted by Gasteiger charge is -2.28. The van der Waals surface area contributed by atoms with Crippen molar-refractivity contribution < 1.29 is 13.9 Å². The van der Waals surface area contributed by atoms with E-state index in [-0.39, 0.29) is 11.7 Å². The number of thioether (sulfide) groups is 1. The normalized spacial score (nSPS) is 16.3. The van der Waals surface area contributed by atoms with Crippen LogP contribution in [0.4, 0.5) is 5.95 Å². The molecular formula is C26H31N5O3S. The summed E-state index contributed by atoms with van der Waals surface area (Å²) < 4.78 is 13.1. The zero-order valence-electron chi connectivity index (χ0n) is 20.1. The number of benzene rings is 1.